The zero-order valence-corrected chi connectivity index (χ0v) is 10.0. The molecule has 1 aromatic rings. The molecule has 1 saturated heterocycles. The number of carbonyl (C=O) groups is 1. The van der Waals surface area contributed by atoms with Gasteiger partial charge in [-0.3, -0.25) is 4.90 Å². The van der Waals surface area contributed by atoms with E-state index in [0.717, 1.165) is 19.3 Å². The molecule has 1 fully saturated rings. The second kappa shape index (κ2) is 5.23. The minimum Gasteiger partial charge on any atom is -0.465 e. The number of halogens is 1. The van der Waals surface area contributed by atoms with Crippen LogP contribution in [0.4, 0.5) is 10.5 Å². The van der Waals surface area contributed by atoms with Crippen LogP contribution in [-0.4, -0.2) is 33.8 Å². The lowest BCUT2D eigenvalue weighted by atomic mass is 10.1. The molecule has 5 nitrogen and oxygen atoms in total. The Labute approximate surface area is 104 Å². The molecule has 0 aromatic carbocycles. The zero-order chi connectivity index (χ0) is 12.3. The fourth-order valence-corrected chi connectivity index (χ4v) is 2.16. The van der Waals surface area contributed by atoms with E-state index in [4.69, 9.17) is 16.7 Å². The summed E-state index contributed by atoms with van der Waals surface area (Å²) in [6.07, 6.45) is 3.19. The minimum absolute atomic E-state index is 0.219. The average Bonchev–Trinajstić information content (AvgIpc) is 2.32. The average molecular weight is 256 g/mol. The van der Waals surface area contributed by atoms with E-state index < -0.39 is 6.09 Å². The van der Waals surface area contributed by atoms with E-state index in [1.54, 1.807) is 18.3 Å². The van der Waals surface area contributed by atoms with Gasteiger partial charge in [-0.1, -0.05) is 11.6 Å². The van der Waals surface area contributed by atoms with Crippen molar-refractivity contribution in [2.75, 3.05) is 11.9 Å². The SMILES string of the molecule is O=C(O)N1CCCCC1Nc1cccnc1Cl. The molecule has 0 radical (unpaired) electrons. The van der Waals surface area contributed by atoms with Crippen molar-refractivity contribution >= 4 is 23.4 Å². The molecule has 1 amide bonds. The Morgan fingerprint density at radius 3 is 3.12 bits per heavy atom. The lowest BCUT2D eigenvalue weighted by Gasteiger charge is -2.34. The Kier molecular flexibility index (Phi) is 3.68. The number of hydrogen-bond donors (Lipinski definition) is 2. The predicted molar refractivity (Wildman–Crippen MR) is 65.2 cm³/mol. The van der Waals surface area contributed by atoms with Crippen molar-refractivity contribution < 1.29 is 9.90 Å². The van der Waals surface area contributed by atoms with Gasteiger partial charge in [0.2, 0.25) is 0 Å². The monoisotopic (exact) mass is 255 g/mol. The normalized spacial score (nSPS) is 20.1. The van der Waals surface area contributed by atoms with E-state index in [9.17, 15) is 4.79 Å². The molecule has 0 bridgehead atoms. The van der Waals surface area contributed by atoms with E-state index in [1.807, 2.05) is 0 Å². The summed E-state index contributed by atoms with van der Waals surface area (Å²) in [6, 6.07) is 3.56. The maximum absolute atomic E-state index is 11.1. The van der Waals surface area contributed by atoms with Crippen LogP contribution in [0.2, 0.25) is 5.15 Å². The summed E-state index contributed by atoms with van der Waals surface area (Å²) in [5, 5.41) is 12.6. The molecule has 2 heterocycles. The number of nitrogens with zero attached hydrogens (tertiary/aromatic N) is 2. The molecule has 0 spiro atoms. The van der Waals surface area contributed by atoms with Gasteiger partial charge in [-0.25, -0.2) is 9.78 Å². The highest BCUT2D eigenvalue weighted by Gasteiger charge is 2.26. The van der Waals surface area contributed by atoms with Crippen LogP contribution in [-0.2, 0) is 0 Å². The number of nitrogens with one attached hydrogen (secondary N) is 1. The predicted octanol–water partition coefficient (Wildman–Crippen LogP) is 2.64. The first-order valence-electron chi connectivity index (χ1n) is 5.55. The highest BCUT2D eigenvalue weighted by atomic mass is 35.5. The van der Waals surface area contributed by atoms with Gasteiger partial charge in [-0.15, -0.1) is 0 Å². The molecule has 1 aliphatic rings. The summed E-state index contributed by atoms with van der Waals surface area (Å²) in [5.41, 5.74) is 0.673. The lowest BCUT2D eigenvalue weighted by molar-refractivity contribution is 0.115. The Balaban J connectivity index is 2.11. The number of hydrogen-bond acceptors (Lipinski definition) is 3. The van der Waals surface area contributed by atoms with Gasteiger partial charge >= 0.3 is 6.09 Å². The summed E-state index contributed by atoms with van der Waals surface area (Å²) in [7, 11) is 0. The second-order valence-electron chi connectivity index (χ2n) is 3.97. The van der Waals surface area contributed by atoms with E-state index in [1.165, 1.54) is 4.90 Å². The van der Waals surface area contributed by atoms with E-state index >= 15 is 0 Å². The Morgan fingerprint density at radius 2 is 2.41 bits per heavy atom. The van der Waals surface area contributed by atoms with E-state index in [-0.39, 0.29) is 6.17 Å². The number of aromatic nitrogens is 1. The lowest BCUT2D eigenvalue weighted by Crippen LogP contribution is -2.47. The van der Waals surface area contributed by atoms with Crippen LogP contribution >= 0.6 is 11.6 Å². The number of piperidine rings is 1. The highest BCUT2D eigenvalue weighted by Crippen LogP contribution is 2.23. The van der Waals surface area contributed by atoms with Crippen molar-refractivity contribution in [3.63, 3.8) is 0 Å². The van der Waals surface area contributed by atoms with E-state index in [0.29, 0.717) is 17.4 Å². The van der Waals surface area contributed by atoms with Gasteiger partial charge < -0.3 is 10.4 Å². The van der Waals surface area contributed by atoms with Gasteiger partial charge in [0.05, 0.1) is 5.69 Å². The van der Waals surface area contributed by atoms with Crippen LogP contribution in [0.25, 0.3) is 0 Å². The Hall–Kier alpha value is -1.49. The standard InChI is InChI=1S/C11H14ClN3O2/c12-10-8(4-3-6-13-10)14-9-5-1-2-7-15(9)11(16)17/h3-4,6,9,14H,1-2,5,7H2,(H,16,17). The molecular weight excluding hydrogens is 242 g/mol. The first-order chi connectivity index (χ1) is 8.18. The molecule has 2 N–H and O–H groups in total. The second-order valence-corrected chi connectivity index (χ2v) is 4.33. The summed E-state index contributed by atoms with van der Waals surface area (Å²) in [4.78, 5) is 16.4. The molecule has 1 unspecified atom stereocenters. The van der Waals surface area contributed by atoms with Gasteiger partial charge in [-0.2, -0.15) is 0 Å². The largest absolute Gasteiger partial charge is 0.465 e. The third kappa shape index (κ3) is 2.79. The maximum Gasteiger partial charge on any atom is 0.408 e. The van der Waals surface area contributed by atoms with Crippen LogP contribution in [0.3, 0.4) is 0 Å². The Morgan fingerprint density at radius 1 is 1.59 bits per heavy atom. The zero-order valence-electron chi connectivity index (χ0n) is 9.27. The van der Waals surface area contributed by atoms with E-state index in [2.05, 4.69) is 10.3 Å². The van der Waals surface area contributed by atoms with Gasteiger partial charge in [0.1, 0.15) is 6.17 Å². The summed E-state index contributed by atoms with van der Waals surface area (Å²) < 4.78 is 0. The van der Waals surface area contributed by atoms with Crippen LogP contribution in [0.15, 0.2) is 18.3 Å². The van der Waals surface area contributed by atoms with Crippen molar-refractivity contribution in [1.82, 2.24) is 9.88 Å². The van der Waals surface area contributed by atoms with Gasteiger partial charge in [-0.05, 0) is 31.4 Å². The molecule has 0 saturated carbocycles. The molecule has 6 heteroatoms. The van der Waals surface area contributed by atoms with Gasteiger partial charge in [0.25, 0.3) is 0 Å². The highest BCUT2D eigenvalue weighted by molar-refractivity contribution is 6.31. The number of likely N-dealkylation sites (tertiary alicyclic amines) is 1. The number of anilines is 1. The molecule has 2 rings (SSSR count). The Bertz CT molecular complexity index is 413. The summed E-state index contributed by atoms with van der Waals surface area (Å²) >= 11 is 5.93. The molecular formula is C11H14ClN3O2. The fraction of sp³-hybridized carbons (Fsp3) is 0.455. The third-order valence-electron chi connectivity index (χ3n) is 2.83. The van der Waals surface area contributed by atoms with Crippen molar-refractivity contribution in [2.24, 2.45) is 0 Å². The molecule has 17 heavy (non-hydrogen) atoms. The quantitative estimate of drug-likeness (QED) is 0.798. The summed E-state index contributed by atoms with van der Waals surface area (Å²) in [6.45, 7) is 0.560. The van der Waals surface area contributed by atoms with Crippen molar-refractivity contribution in [3.05, 3.63) is 23.5 Å². The molecule has 1 aromatic heterocycles. The van der Waals surface area contributed by atoms with Gasteiger partial charge in [0.15, 0.2) is 5.15 Å². The molecule has 1 atom stereocenters. The van der Waals surface area contributed by atoms with Crippen LogP contribution in [0.5, 0.6) is 0 Å². The first-order valence-corrected chi connectivity index (χ1v) is 5.93. The van der Waals surface area contributed by atoms with Crippen molar-refractivity contribution in [1.29, 1.82) is 0 Å². The topological polar surface area (TPSA) is 65.5 Å². The minimum atomic E-state index is -0.901. The molecule has 0 aliphatic carbocycles. The van der Waals surface area contributed by atoms with Crippen LogP contribution in [0, 0.1) is 0 Å². The number of amides is 1. The third-order valence-corrected chi connectivity index (χ3v) is 3.13. The number of pyridine rings is 1. The number of rotatable bonds is 2. The first kappa shape index (κ1) is 12.0. The smallest absolute Gasteiger partial charge is 0.408 e. The van der Waals surface area contributed by atoms with Gasteiger partial charge in [0, 0.05) is 12.7 Å². The van der Waals surface area contributed by atoms with Crippen molar-refractivity contribution in [3.8, 4) is 0 Å². The molecule has 1 aliphatic heterocycles. The summed E-state index contributed by atoms with van der Waals surface area (Å²) in [5.74, 6) is 0. The number of carboxylic acid groups (broad SMARTS) is 1. The van der Waals surface area contributed by atoms with Crippen LogP contribution < -0.4 is 5.32 Å². The molecule has 92 valence electrons. The maximum atomic E-state index is 11.1. The van der Waals surface area contributed by atoms with Crippen LogP contribution in [0.1, 0.15) is 19.3 Å². The fourth-order valence-electron chi connectivity index (χ4n) is 1.98. The van der Waals surface area contributed by atoms with Crippen molar-refractivity contribution in [2.45, 2.75) is 25.4 Å².